The van der Waals surface area contributed by atoms with Crippen LogP contribution >= 0.6 is 0 Å². The van der Waals surface area contributed by atoms with Gasteiger partial charge in [-0.15, -0.1) is 0 Å². The molecule has 0 aliphatic heterocycles. The Bertz CT molecular complexity index is 1810. The number of allylic oxidation sites excluding steroid dienone is 2. The Hall–Kier alpha value is -4.75. The van der Waals surface area contributed by atoms with E-state index >= 15 is 0 Å². The van der Waals surface area contributed by atoms with Crippen LogP contribution in [0.2, 0.25) is 0 Å². The Kier molecular flexibility index (Phi) is 5.75. The molecule has 0 heterocycles. The van der Waals surface area contributed by atoms with Gasteiger partial charge in [0.2, 0.25) is 0 Å². The van der Waals surface area contributed by atoms with Crippen LogP contribution in [0.4, 0.5) is 0 Å². The van der Waals surface area contributed by atoms with Crippen molar-refractivity contribution in [1.29, 1.82) is 5.41 Å². The summed E-state index contributed by atoms with van der Waals surface area (Å²) in [6.07, 6.45) is 7.30. The first-order chi connectivity index (χ1) is 18.2. The summed E-state index contributed by atoms with van der Waals surface area (Å²) in [5.74, 6) is 0. The zero-order chi connectivity index (χ0) is 25.4. The number of benzene rings is 6. The zero-order valence-electron chi connectivity index (χ0n) is 20.8. The first kappa shape index (κ1) is 22.7. The molecular weight excluding hydrogens is 446 g/mol. The molecule has 0 unspecified atom stereocenters. The topological polar surface area (TPSA) is 23.9 Å². The van der Waals surface area contributed by atoms with Gasteiger partial charge < -0.3 is 5.41 Å². The monoisotopic (exact) mass is 473 g/mol. The minimum Gasteiger partial charge on any atom is -0.308 e. The lowest BCUT2D eigenvalue weighted by atomic mass is 9.82. The van der Waals surface area contributed by atoms with Crippen LogP contribution in [0.15, 0.2) is 122 Å². The van der Waals surface area contributed by atoms with Gasteiger partial charge in [-0.25, -0.2) is 0 Å². The molecule has 0 spiro atoms. The SMILES string of the molecule is C=C/C=C\c1c(-c2c3ccccc3c(-c3cccc4ccccc34)c3ccccc23)ccc(C)c1C=N. The summed E-state index contributed by atoms with van der Waals surface area (Å²) in [7, 11) is 0. The number of aryl methyl sites for hydroxylation is 1. The second-order valence-corrected chi connectivity index (χ2v) is 9.36. The van der Waals surface area contributed by atoms with Crippen LogP contribution in [0.5, 0.6) is 0 Å². The van der Waals surface area contributed by atoms with Crippen LogP contribution in [0.1, 0.15) is 16.7 Å². The van der Waals surface area contributed by atoms with E-state index in [-0.39, 0.29) is 0 Å². The molecule has 1 N–H and O–H groups in total. The number of hydrogen-bond donors (Lipinski definition) is 1. The van der Waals surface area contributed by atoms with Gasteiger partial charge in [0.1, 0.15) is 0 Å². The maximum atomic E-state index is 8.18. The molecule has 0 aliphatic carbocycles. The van der Waals surface area contributed by atoms with Crippen LogP contribution in [0.25, 0.3) is 60.6 Å². The fourth-order valence-corrected chi connectivity index (χ4v) is 5.65. The van der Waals surface area contributed by atoms with E-state index in [1.54, 1.807) is 6.08 Å². The molecule has 0 radical (unpaired) electrons. The number of nitrogens with one attached hydrogen (secondary N) is 1. The maximum absolute atomic E-state index is 8.18. The highest BCUT2D eigenvalue weighted by atomic mass is 14.3. The number of hydrogen-bond acceptors (Lipinski definition) is 1. The van der Waals surface area contributed by atoms with Gasteiger partial charge in [0, 0.05) is 11.8 Å². The van der Waals surface area contributed by atoms with Crippen molar-refractivity contribution in [2.75, 3.05) is 0 Å². The van der Waals surface area contributed by atoms with E-state index in [1.807, 2.05) is 6.08 Å². The molecule has 6 aromatic carbocycles. The summed E-state index contributed by atoms with van der Waals surface area (Å²) in [5.41, 5.74) is 7.89. The molecular formula is C36H27N. The molecule has 0 amide bonds. The highest BCUT2D eigenvalue weighted by Crippen LogP contribution is 2.46. The van der Waals surface area contributed by atoms with E-state index in [1.165, 1.54) is 55.2 Å². The van der Waals surface area contributed by atoms with Gasteiger partial charge in [0.25, 0.3) is 0 Å². The van der Waals surface area contributed by atoms with Crippen molar-refractivity contribution in [1.82, 2.24) is 0 Å². The van der Waals surface area contributed by atoms with Gasteiger partial charge in [-0.1, -0.05) is 128 Å². The standard InChI is InChI=1S/C36H27N/c1-3-4-14-27-33(22-21-24(2)34(27)23-37)36-31-18-9-7-16-29(31)35(30-17-8-10-19-32(30)36)28-20-11-13-25-12-5-6-15-26(25)28/h3-23,37H,1H2,2H3/b14-4-,37-23?. The molecule has 0 aromatic heterocycles. The first-order valence-electron chi connectivity index (χ1n) is 12.6. The minimum atomic E-state index is 0.932. The van der Waals surface area contributed by atoms with Crippen LogP contribution in [0.3, 0.4) is 0 Å². The third-order valence-electron chi connectivity index (χ3n) is 7.31. The molecule has 0 aliphatic rings. The van der Waals surface area contributed by atoms with Gasteiger partial charge in [-0.3, -0.25) is 0 Å². The summed E-state index contributed by atoms with van der Waals surface area (Å²) in [5, 5.41) is 15.5. The average Bonchev–Trinajstić information content (AvgIpc) is 2.95. The summed E-state index contributed by atoms with van der Waals surface area (Å²) >= 11 is 0. The lowest BCUT2D eigenvalue weighted by Crippen LogP contribution is -1.97. The fraction of sp³-hybridized carbons (Fsp3) is 0.0278. The molecule has 176 valence electrons. The number of fused-ring (bicyclic) bond motifs is 3. The predicted molar refractivity (Wildman–Crippen MR) is 162 cm³/mol. The third kappa shape index (κ3) is 3.68. The normalized spacial score (nSPS) is 11.5. The largest absolute Gasteiger partial charge is 0.308 e. The van der Waals surface area contributed by atoms with Crippen molar-refractivity contribution in [3.05, 3.63) is 139 Å². The smallest absolute Gasteiger partial charge is 0.0259 e. The van der Waals surface area contributed by atoms with E-state index in [4.69, 9.17) is 5.41 Å². The molecule has 6 rings (SSSR count). The van der Waals surface area contributed by atoms with Crippen LogP contribution in [-0.4, -0.2) is 6.21 Å². The molecule has 0 saturated carbocycles. The molecule has 0 saturated heterocycles. The Morgan fingerprint density at radius 2 is 1.11 bits per heavy atom. The van der Waals surface area contributed by atoms with Crippen LogP contribution in [0, 0.1) is 12.3 Å². The Labute approximate surface area is 217 Å². The summed E-state index contributed by atoms with van der Waals surface area (Å²) in [6, 6.07) is 37.0. The van der Waals surface area contributed by atoms with E-state index in [2.05, 4.69) is 123 Å². The Morgan fingerprint density at radius 3 is 1.70 bits per heavy atom. The van der Waals surface area contributed by atoms with Crippen molar-refractivity contribution < 1.29 is 0 Å². The molecule has 1 nitrogen and oxygen atoms in total. The summed E-state index contributed by atoms with van der Waals surface area (Å²) in [4.78, 5) is 0. The molecule has 0 fully saturated rings. The second kappa shape index (κ2) is 9.37. The number of rotatable bonds is 5. The van der Waals surface area contributed by atoms with Gasteiger partial charge >= 0.3 is 0 Å². The van der Waals surface area contributed by atoms with Crippen LogP contribution in [-0.2, 0) is 0 Å². The van der Waals surface area contributed by atoms with Crippen molar-refractivity contribution in [3.8, 4) is 22.3 Å². The molecule has 6 aromatic rings. The van der Waals surface area contributed by atoms with Crippen molar-refractivity contribution in [3.63, 3.8) is 0 Å². The molecule has 37 heavy (non-hydrogen) atoms. The van der Waals surface area contributed by atoms with Crippen LogP contribution < -0.4 is 0 Å². The summed E-state index contributed by atoms with van der Waals surface area (Å²) in [6.45, 7) is 5.95. The zero-order valence-corrected chi connectivity index (χ0v) is 20.8. The quantitative estimate of drug-likeness (QED) is 0.146. The van der Waals surface area contributed by atoms with Crippen molar-refractivity contribution >= 4 is 44.6 Å². The molecule has 0 bridgehead atoms. The van der Waals surface area contributed by atoms with Gasteiger partial charge in [0.15, 0.2) is 0 Å². The molecule has 1 heteroatoms. The van der Waals surface area contributed by atoms with Gasteiger partial charge in [-0.2, -0.15) is 0 Å². The Morgan fingerprint density at radius 1 is 0.568 bits per heavy atom. The second-order valence-electron chi connectivity index (χ2n) is 9.36. The third-order valence-corrected chi connectivity index (χ3v) is 7.31. The highest BCUT2D eigenvalue weighted by molar-refractivity contribution is 6.24. The first-order valence-corrected chi connectivity index (χ1v) is 12.6. The van der Waals surface area contributed by atoms with E-state index in [0.29, 0.717) is 0 Å². The van der Waals surface area contributed by atoms with Crippen molar-refractivity contribution in [2.24, 2.45) is 0 Å². The minimum absolute atomic E-state index is 0.932. The highest BCUT2D eigenvalue weighted by Gasteiger charge is 2.20. The van der Waals surface area contributed by atoms with E-state index < -0.39 is 0 Å². The fourth-order valence-electron chi connectivity index (χ4n) is 5.65. The predicted octanol–water partition coefficient (Wildman–Crippen LogP) is 9.99. The van der Waals surface area contributed by atoms with Gasteiger partial charge in [-0.05, 0) is 72.6 Å². The Balaban J connectivity index is 1.82. The maximum Gasteiger partial charge on any atom is 0.0259 e. The lowest BCUT2D eigenvalue weighted by Gasteiger charge is -2.21. The summed E-state index contributed by atoms with van der Waals surface area (Å²) < 4.78 is 0. The lowest BCUT2D eigenvalue weighted by molar-refractivity contribution is 1.41. The van der Waals surface area contributed by atoms with Crippen molar-refractivity contribution in [2.45, 2.75) is 6.92 Å². The molecule has 0 atom stereocenters. The van der Waals surface area contributed by atoms with Gasteiger partial charge in [0.05, 0.1) is 0 Å². The average molecular weight is 474 g/mol. The van der Waals surface area contributed by atoms with E-state index in [0.717, 1.165) is 22.3 Å². The van der Waals surface area contributed by atoms with E-state index in [9.17, 15) is 0 Å².